The highest BCUT2D eigenvalue weighted by Crippen LogP contribution is 2.19. The van der Waals surface area contributed by atoms with Crippen LogP contribution in [0.3, 0.4) is 0 Å². The molecule has 0 aliphatic carbocycles. The molecule has 0 fully saturated rings. The van der Waals surface area contributed by atoms with Crippen LogP contribution in [0.25, 0.3) is 0 Å². The van der Waals surface area contributed by atoms with Gasteiger partial charge >= 0.3 is 0 Å². The molecule has 5 nitrogen and oxygen atoms in total. The average molecular weight is 306 g/mol. The third-order valence-electron chi connectivity index (χ3n) is 3.89. The fourth-order valence-electron chi connectivity index (χ4n) is 2.71. The Bertz CT molecular complexity index is 714. The van der Waals surface area contributed by atoms with Crippen molar-refractivity contribution in [2.75, 3.05) is 6.54 Å². The third kappa shape index (κ3) is 2.84. The van der Waals surface area contributed by atoms with Crippen LogP contribution in [0.2, 0.25) is 0 Å². The van der Waals surface area contributed by atoms with Gasteiger partial charge in [0, 0.05) is 31.0 Å². The second kappa shape index (κ2) is 5.82. The van der Waals surface area contributed by atoms with Gasteiger partial charge in [-0.1, -0.05) is 12.1 Å². The van der Waals surface area contributed by atoms with Gasteiger partial charge in [-0.05, 0) is 13.0 Å². The second-order valence-electron chi connectivity index (χ2n) is 5.54. The lowest BCUT2D eigenvalue weighted by atomic mass is 10.1. The predicted molar refractivity (Wildman–Crippen MR) is 75.0 cm³/mol. The van der Waals surface area contributed by atoms with Crippen LogP contribution < -0.4 is 5.32 Å². The van der Waals surface area contributed by atoms with Gasteiger partial charge in [0.25, 0.3) is 0 Å². The summed E-state index contributed by atoms with van der Waals surface area (Å²) < 4.78 is 28.6. The molecule has 1 N–H and O–H groups in total. The Morgan fingerprint density at radius 3 is 3.00 bits per heavy atom. The molecule has 1 unspecified atom stereocenters. The molecule has 1 aromatic carbocycles. The molecular formula is C15H16F2N4O. The van der Waals surface area contributed by atoms with Crippen LogP contribution in [0, 0.1) is 24.5 Å². The van der Waals surface area contributed by atoms with Crippen molar-refractivity contribution in [2.45, 2.75) is 26.3 Å². The molecule has 3 rings (SSSR count). The maximum Gasteiger partial charge on any atom is 0.224 e. The first kappa shape index (κ1) is 14.6. The zero-order chi connectivity index (χ0) is 15.7. The number of halogens is 2. The second-order valence-corrected chi connectivity index (χ2v) is 5.54. The zero-order valence-electron chi connectivity index (χ0n) is 12.1. The number of hydrogen-bond acceptors (Lipinski definition) is 3. The smallest absolute Gasteiger partial charge is 0.224 e. The van der Waals surface area contributed by atoms with Gasteiger partial charge in [0.15, 0.2) is 11.6 Å². The summed E-state index contributed by atoms with van der Waals surface area (Å²) in [6.45, 7) is 3.14. The summed E-state index contributed by atoms with van der Waals surface area (Å²) in [5.74, 6) is -0.164. The largest absolute Gasteiger partial charge is 0.355 e. The van der Waals surface area contributed by atoms with E-state index in [1.807, 2.05) is 11.5 Å². The summed E-state index contributed by atoms with van der Waals surface area (Å²) in [7, 11) is 0. The van der Waals surface area contributed by atoms with E-state index in [-0.39, 0.29) is 23.8 Å². The van der Waals surface area contributed by atoms with E-state index in [2.05, 4.69) is 15.5 Å². The number of nitrogens with one attached hydrogen (secondary N) is 1. The first-order valence-corrected chi connectivity index (χ1v) is 7.13. The number of benzene rings is 1. The van der Waals surface area contributed by atoms with Crippen LogP contribution in [-0.4, -0.2) is 27.2 Å². The highest BCUT2D eigenvalue weighted by atomic mass is 19.2. The molecule has 1 aliphatic rings. The van der Waals surface area contributed by atoms with Crippen LogP contribution in [0.4, 0.5) is 8.78 Å². The fourth-order valence-corrected chi connectivity index (χ4v) is 2.71. The molecule has 22 heavy (non-hydrogen) atoms. The molecule has 1 aliphatic heterocycles. The van der Waals surface area contributed by atoms with Crippen molar-refractivity contribution >= 4 is 5.91 Å². The van der Waals surface area contributed by atoms with Crippen LogP contribution in [0.15, 0.2) is 18.2 Å². The molecule has 1 atom stereocenters. The maximum absolute atomic E-state index is 13.5. The molecule has 0 spiro atoms. The van der Waals surface area contributed by atoms with E-state index >= 15 is 0 Å². The van der Waals surface area contributed by atoms with Gasteiger partial charge in [-0.15, -0.1) is 10.2 Å². The number of hydrogen-bond donors (Lipinski definition) is 1. The number of aryl methyl sites for hydroxylation is 1. The lowest BCUT2D eigenvalue weighted by Gasteiger charge is -2.11. The summed E-state index contributed by atoms with van der Waals surface area (Å²) in [6, 6.07) is 3.85. The number of carbonyl (C=O) groups excluding carboxylic acids is 1. The summed E-state index contributed by atoms with van der Waals surface area (Å²) in [5, 5.41) is 10.8. The van der Waals surface area contributed by atoms with Gasteiger partial charge in [-0.3, -0.25) is 4.79 Å². The minimum Gasteiger partial charge on any atom is -0.355 e. The number of carbonyl (C=O) groups is 1. The van der Waals surface area contributed by atoms with E-state index in [4.69, 9.17) is 0 Å². The van der Waals surface area contributed by atoms with Crippen molar-refractivity contribution < 1.29 is 13.6 Å². The van der Waals surface area contributed by atoms with Crippen LogP contribution >= 0.6 is 0 Å². The number of fused-ring (bicyclic) bond motifs is 1. The van der Waals surface area contributed by atoms with Crippen LogP contribution in [0.1, 0.15) is 17.2 Å². The van der Waals surface area contributed by atoms with Crippen molar-refractivity contribution in [1.29, 1.82) is 0 Å². The van der Waals surface area contributed by atoms with Crippen LogP contribution in [0.5, 0.6) is 0 Å². The number of rotatable bonds is 4. The summed E-state index contributed by atoms with van der Waals surface area (Å²) in [6.07, 6.45) is 0.594. The van der Waals surface area contributed by atoms with Crippen molar-refractivity contribution in [1.82, 2.24) is 20.1 Å². The minimum atomic E-state index is -0.958. The lowest BCUT2D eigenvalue weighted by Crippen LogP contribution is -2.31. The van der Waals surface area contributed by atoms with Gasteiger partial charge < -0.3 is 9.88 Å². The van der Waals surface area contributed by atoms with E-state index < -0.39 is 11.6 Å². The van der Waals surface area contributed by atoms with Gasteiger partial charge in [0.1, 0.15) is 11.6 Å². The Balaban J connectivity index is 1.52. The third-order valence-corrected chi connectivity index (χ3v) is 3.89. The van der Waals surface area contributed by atoms with Crippen molar-refractivity contribution in [3.8, 4) is 0 Å². The molecule has 2 aromatic rings. The minimum absolute atomic E-state index is 0.0666. The van der Waals surface area contributed by atoms with Crippen LogP contribution in [-0.2, 0) is 24.2 Å². The molecule has 7 heteroatoms. The van der Waals surface area contributed by atoms with Crippen molar-refractivity contribution in [3.05, 3.63) is 47.0 Å². The molecule has 0 radical (unpaired) electrons. The molecular weight excluding hydrogens is 290 g/mol. The van der Waals surface area contributed by atoms with Gasteiger partial charge in [0.2, 0.25) is 5.91 Å². The number of nitrogens with zero attached hydrogens (tertiary/aromatic N) is 3. The highest BCUT2D eigenvalue weighted by molar-refractivity contribution is 5.78. The van der Waals surface area contributed by atoms with E-state index in [1.54, 1.807) is 0 Å². The Labute approximate surface area is 126 Å². The SMILES string of the molecule is Cc1nnc2n1CC(CNC(=O)Cc1cccc(F)c1F)C2. The summed E-state index contributed by atoms with van der Waals surface area (Å²) >= 11 is 0. The maximum atomic E-state index is 13.5. The lowest BCUT2D eigenvalue weighted by molar-refractivity contribution is -0.120. The summed E-state index contributed by atoms with van der Waals surface area (Å²) in [5.41, 5.74) is 0.0666. The van der Waals surface area contributed by atoms with Crippen molar-refractivity contribution in [2.24, 2.45) is 5.92 Å². The molecule has 1 amide bonds. The average Bonchev–Trinajstić information content (AvgIpc) is 3.04. The Hall–Kier alpha value is -2.31. The van der Waals surface area contributed by atoms with Crippen molar-refractivity contribution in [3.63, 3.8) is 0 Å². The van der Waals surface area contributed by atoms with E-state index in [0.717, 1.165) is 30.7 Å². The highest BCUT2D eigenvalue weighted by Gasteiger charge is 2.25. The first-order chi connectivity index (χ1) is 10.5. The molecule has 1 aromatic heterocycles. The molecule has 0 saturated heterocycles. The Kier molecular flexibility index (Phi) is 3.87. The van der Waals surface area contributed by atoms with Gasteiger partial charge in [-0.2, -0.15) is 0 Å². The molecule has 2 heterocycles. The number of aromatic nitrogens is 3. The molecule has 116 valence electrons. The van der Waals surface area contributed by atoms with E-state index in [1.165, 1.54) is 12.1 Å². The Morgan fingerprint density at radius 1 is 1.41 bits per heavy atom. The predicted octanol–water partition coefficient (Wildman–Crippen LogP) is 1.40. The Morgan fingerprint density at radius 2 is 2.23 bits per heavy atom. The topological polar surface area (TPSA) is 59.8 Å². The van der Waals surface area contributed by atoms with E-state index in [0.29, 0.717) is 6.54 Å². The summed E-state index contributed by atoms with van der Waals surface area (Å²) in [4.78, 5) is 11.9. The number of amides is 1. The molecule has 0 bridgehead atoms. The van der Waals surface area contributed by atoms with Gasteiger partial charge in [0.05, 0.1) is 6.42 Å². The quantitative estimate of drug-likeness (QED) is 0.929. The van der Waals surface area contributed by atoms with E-state index in [9.17, 15) is 13.6 Å². The zero-order valence-corrected chi connectivity index (χ0v) is 12.1. The molecule has 0 saturated carbocycles. The first-order valence-electron chi connectivity index (χ1n) is 7.13. The fraction of sp³-hybridized carbons (Fsp3) is 0.400. The monoisotopic (exact) mass is 306 g/mol. The normalized spacial score (nSPS) is 16.6. The van der Waals surface area contributed by atoms with Gasteiger partial charge in [-0.25, -0.2) is 8.78 Å². The standard InChI is InChI=1S/C15H16F2N4O/c1-9-19-20-13-5-10(8-21(9)13)7-18-14(22)6-11-3-2-4-12(16)15(11)17/h2-4,10H,5-8H2,1H3,(H,18,22).